The van der Waals surface area contributed by atoms with E-state index in [0.717, 1.165) is 16.9 Å². The fourth-order valence-corrected chi connectivity index (χ4v) is 1.49. The zero-order valence-corrected chi connectivity index (χ0v) is 10.1. The van der Waals surface area contributed by atoms with Crippen molar-refractivity contribution < 1.29 is 9.53 Å². The van der Waals surface area contributed by atoms with Crippen molar-refractivity contribution in [3.63, 3.8) is 0 Å². The van der Waals surface area contributed by atoms with Crippen LogP contribution in [0, 0.1) is 0 Å². The third-order valence-electron chi connectivity index (χ3n) is 2.47. The number of rotatable bonds is 3. The van der Waals surface area contributed by atoms with Gasteiger partial charge in [0.15, 0.2) is 0 Å². The second-order valence-corrected chi connectivity index (χ2v) is 4.07. The maximum absolute atomic E-state index is 11.2. The molecule has 3 N–H and O–H groups in total. The maximum Gasteiger partial charge on any atom is 0.256 e. The highest BCUT2D eigenvalue weighted by atomic mass is 16.5. The summed E-state index contributed by atoms with van der Waals surface area (Å²) in [5.74, 6) is 0.540. The van der Waals surface area contributed by atoms with Crippen LogP contribution in [-0.2, 0) is 4.79 Å². The molecule has 5 nitrogen and oxygen atoms in total. The molecule has 0 saturated heterocycles. The maximum atomic E-state index is 11.2. The molecule has 1 aliphatic rings. The number of fused-ring (bicyclic) bond motifs is 1. The van der Waals surface area contributed by atoms with Gasteiger partial charge in [-0.2, -0.15) is 5.10 Å². The van der Waals surface area contributed by atoms with Gasteiger partial charge in [-0.1, -0.05) is 18.2 Å². The van der Waals surface area contributed by atoms with E-state index in [-0.39, 0.29) is 5.91 Å². The summed E-state index contributed by atoms with van der Waals surface area (Å²) in [5, 5.41) is 3.84. The van der Waals surface area contributed by atoms with Gasteiger partial charge in [-0.05, 0) is 19.1 Å². The van der Waals surface area contributed by atoms with Gasteiger partial charge in [0.2, 0.25) is 0 Å². The van der Waals surface area contributed by atoms with Crippen LogP contribution in [0.25, 0.3) is 6.08 Å². The molecule has 1 heterocycles. The Labute approximate surface area is 105 Å². The Kier molecular flexibility index (Phi) is 3.74. The molecule has 0 saturated carbocycles. The van der Waals surface area contributed by atoms with Crippen LogP contribution in [0.15, 0.2) is 34.9 Å². The van der Waals surface area contributed by atoms with Crippen molar-refractivity contribution in [1.29, 1.82) is 0 Å². The summed E-state index contributed by atoms with van der Waals surface area (Å²) in [6, 6.07) is 7.17. The van der Waals surface area contributed by atoms with E-state index in [2.05, 4.69) is 10.5 Å². The molecule has 1 amide bonds. The molecule has 0 unspecified atom stereocenters. The van der Waals surface area contributed by atoms with Crippen molar-refractivity contribution in [2.45, 2.75) is 13.0 Å². The van der Waals surface area contributed by atoms with Crippen LogP contribution < -0.4 is 15.9 Å². The van der Waals surface area contributed by atoms with Crippen molar-refractivity contribution in [2.75, 3.05) is 6.61 Å². The van der Waals surface area contributed by atoms with E-state index in [1.807, 2.05) is 30.3 Å². The summed E-state index contributed by atoms with van der Waals surface area (Å²) in [7, 11) is 0. The lowest BCUT2D eigenvalue weighted by atomic mass is 10.1. The summed E-state index contributed by atoms with van der Waals surface area (Å²) in [6.45, 7) is 2.04. The number of amides is 1. The Morgan fingerprint density at radius 2 is 2.33 bits per heavy atom. The molecule has 0 aromatic heterocycles. The molecule has 2 rings (SSSR count). The van der Waals surface area contributed by atoms with Gasteiger partial charge in [-0.15, -0.1) is 0 Å². The molecule has 0 fully saturated rings. The van der Waals surface area contributed by atoms with Crippen LogP contribution in [-0.4, -0.2) is 24.8 Å². The molecule has 5 heteroatoms. The monoisotopic (exact) mass is 245 g/mol. The van der Waals surface area contributed by atoms with Gasteiger partial charge in [-0.3, -0.25) is 4.79 Å². The Morgan fingerprint density at radius 1 is 1.56 bits per heavy atom. The summed E-state index contributed by atoms with van der Waals surface area (Å²) < 4.78 is 5.54. The molecule has 0 radical (unpaired) electrons. The van der Waals surface area contributed by atoms with Crippen molar-refractivity contribution in [3.05, 3.63) is 35.4 Å². The Bertz CT molecular complexity index is 507. The first-order valence-corrected chi connectivity index (χ1v) is 5.68. The molecule has 1 aromatic rings. The van der Waals surface area contributed by atoms with Crippen molar-refractivity contribution >= 4 is 18.2 Å². The van der Waals surface area contributed by atoms with E-state index in [1.165, 1.54) is 0 Å². The van der Waals surface area contributed by atoms with E-state index < -0.39 is 6.04 Å². The number of para-hydroxylation sites is 1. The van der Waals surface area contributed by atoms with Gasteiger partial charge >= 0.3 is 0 Å². The Morgan fingerprint density at radius 3 is 3.11 bits per heavy atom. The Balaban J connectivity index is 2.02. The number of hydrogen-bond acceptors (Lipinski definition) is 4. The van der Waals surface area contributed by atoms with Crippen LogP contribution in [0.2, 0.25) is 0 Å². The largest absolute Gasteiger partial charge is 0.488 e. The fraction of sp³-hybridized carbons (Fsp3) is 0.231. The highest BCUT2D eigenvalue weighted by Crippen LogP contribution is 2.24. The lowest BCUT2D eigenvalue weighted by molar-refractivity contribution is -0.121. The van der Waals surface area contributed by atoms with E-state index in [1.54, 1.807) is 13.1 Å². The van der Waals surface area contributed by atoms with Crippen LogP contribution >= 0.6 is 0 Å². The van der Waals surface area contributed by atoms with Gasteiger partial charge in [0.05, 0.1) is 12.3 Å². The Hall–Kier alpha value is -2.14. The number of hydrazone groups is 1. The van der Waals surface area contributed by atoms with Gasteiger partial charge in [0.25, 0.3) is 5.91 Å². The number of nitrogens with two attached hydrogens (primary N) is 1. The summed E-state index contributed by atoms with van der Waals surface area (Å²) in [5.41, 5.74) is 9.65. The zero-order chi connectivity index (χ0) is 13.0. The van der Waals surface area contributed by atoms with Crippen LogP contribution in [0.5, 0.6) is 5.75 Å². The highest BCUT2D eigenvalue weighted by molar-refractivity contribution is 5.89. The fourth-order valence-electron chi connectivity index (χ4n) is 1.49. The number of benzene rings is 1. The number of nitrogens with one attached hydrogen (secondary N) is 1. The van der Waals surface area contributed by atoms with Gasteiger partial charge in [0, 0.05) is 11.1 Å². The molecule has 0 spiro atoms. The molecule has 0 bridgehead atoms. The topological polar surface area (TPSA) is 76.7 Å². The highest BCUT2D eigenvalue weighted by Gasteiger charge is 2.09. The molecule has 18 heavy (non-hydrogen) atoms. The first-order valence-electron chi connectivity index (χ1n) is 5.68. The third-order valence-corrected chi connectivity index (χ3v) is 2.47. The van der Waals surface area contributed by atoms with Crippen LogP contribution in [0.1, 0.15) is 12.5 Å². The first-order chi connectivity index (χ1) is 8.66. The number of carbonyl (C=O) groups is 1. The second-order valence-electron chi connectivity index (χ2n) is 4.07. The van der Waals surface area contributed by atoms with Gasteiger partial charge in [0.1, 0.15) is 12.4 Å². The number of ether oxygens (including phenoxy) is 1. The summed E-state index contributed by atoms with van der Waals surface area (Å²) in [6.07, 6.45) is 3.54. The van der Waals surface area contributed by atoms with Crippen molar-refractivity contribution in [1.82, 2.24) is 5.43 Å². The molecular weight excluding hydrogens is 230 g/mol. The molecule has 1 aromatic carbocycles. The summed E-state index contributed by atoms with van der Waals surface area (Å²) in [4.78, 5) is 11.2. The van der Waals surface area contributed by atoms with E-state index in [4.69, 9.17) is 10.5 Å². The van der Waals surface area contributed by atoms with Crippen molar-refractivity contribution in [3.8, 4) is 5.75 Å². The average Bonchev–Trinajstić information content (AvgIpc) is 2.38. The molecule has 94 valence electrons. The SMILES string of the molecule is C[C@@H](N)C(=O)N/N=C\C1=Cc2ccccc2OC1. The number of carbonyl (C=O) groups excluding carboxylic acids is 1. The second kappa shape index (κ2) is 5.46. The van der Waals surface area contributed by atoms with Crippen molar-refractivity contribution in [2.24, 2.45) is 10.8 Å². The standard InChI is InChI=1S/C13H15N3O2/c1-9(14)13(17)16-15-7-10-6-11-4-2-3-5-12(11)18-8-10/h2-7,9H,8,14H2,1H3,(H,16,17)/b15-7-/t9-/m1/s1. The van der Waals surface area contributed by atoms with Gasteiger partial charge < -0.3 is 10.5 Å². The van der Waals surface area contributed by atoms with E-state index in [9.17, 15) is 4.79 Å². The minimum Gasteiger partial charge on any atom is -0.488 e. The minimum absolute atomic E-state index is 0.316. The lowest BCUT2D eigenvalue weighted by Gasteiger charge is -2.15. The van der Waals surface area contributed by atoms with Crippen LogP contribution in [0.4, 0.5) is 0 Å². The smallest absolute Gasteiger partial charge is 0.256 e. The molecular formula is C13H15N3O2. The van der Waals surface area contributed by atoms with E-state index >= 15 is 0 Å². The predicted molar refractivity (Wildman–Crippen MR) is 70.2 cm³/mol. The quantitative estimate of drug-likeness (QED) is 0.614. The average molecular weight is 245 g/mol. The molecule has 0 aliphatic carbocycles. The molecule has 1 aliphatic heterocycles. The normalized spacial score (nSPS) is 15.6. The van der Waals surface area contributed by atoms with Crippen LogP contribution in [0.3, 0.4) is 0 Å². The zero-order valence-electron chi connectivity index (χ0n) is 10.1. The summed E-state index contributed by atoms with van der Waals surface area (Å²) >= 11 is 0. The van der Waals surface area contributed by atoms with Gasteiger partial charge in [-0.25, -0.2) is 5.43 Å². The third kappa shape index (κ3) is 2.95. The molecule has 1 atom stereocenters. The number of hydrogen-bond donors (Lipinski definition) is 2. The lowest BCUT2D eigenvalue weighted by Crippen LogP contribution is -2.35. The van der Waals surface area contributed by atoms with E-state index in [0.29, 0.717) is 6.61 Å². The minimum atomic E-state index is -0.570. The number of nitrogens with zero attached hydrogens (tertiary/aromatic N) is 1. The predicted octanol–water partition coefficient (Wildman–Crippen LogP) is 0.912. The first kappa shape index (κ1) is 12.3.